The molecule has 14 heavy (non-hydrogen) atoms. The van der Waals surface area contributed by atoms with E-state index in [1.165, 1.54) is 0 Å². The second kappa shape index (κ2) is 7.17. The molecule has 78 valence electrons. The maximum atomic E-state index is 11.0. The van der Waals surface area contributed by atoms with Crippen LogP contribution in [0.5, 0.6) is 0 Å². The molecule has 0 aromatic rings. The number of hydrogen-bond donors (Lipinski definition) is 3. The molecule has 0 saturated heterocycles. The standard InChI is InChI=1S/C7H10N2O4S/c8-1-2-14-4-6(11)9-5(3-10)7(12)13/h5,10H,2-4H2,(H,9,11)(H,12,13)/t5-/m1/s1. The van der Waals surface area contributed by atoms with Gasteiger partial charge in [-0.2, -0.15) is 5.26 Å². The van der Waals surface area contributed by atoms with Crippen molar-refractivity contribution in [1.29, 1.82) is 5.26 Å². The largest absolute Gasteiger partial charge is 0.480 e. The van der Waals surface area contributed by atoms with Gasteiger partial charge in [0, 0.05) is 0 Å². The number of aliphatic hydroxyl groups is 1. The molecule has 0 aliphatic heterocycles. The topological polar surface area (TPSA) is 110 Å². The Hall–Kier alpha value is -1.26. The third-order valence-electron chi connectivity index (χ3n) is 1.22. The van der Waals surface area contributed by atoms with E-state index in [1.54, 1.807) is 0 Å². The number of carboxylic acid groups (broad SMARTS) is 1. The highest BCUT2D eigenvalue weighted by Crippen LogP contribution is 1.97. The third-order valence-corrected chi connectivity index (χ3v) is 2.02. The second-order valence-corrected chi connectivity index (χ2v) is 3.28. The first-order valence-electron chi connectivity index (χ1n) is 3.69. The quantitative estimate of drug-likeness (QED) is 0.483. The van der Waals surface area contributed by atoms with Gasteiger partial charge in [-0.25, -0.2) is 4.79 Å². The molecule has 1 amide bonds. The van der Waals surface area contributed by atoms with Crippen LogP contribution in [-0.2, 0) is 9.59 Å². The molecule has 0 saturated carbocycles. The number of carboxylic acids is 1. The lowest BCUT2D eigenvalue weighted by molar-refractivity contribution is -0.142. The molecule has 3 N–H and O–H groups in total. The number of thioether (sulfide) groups is 1. The van der Waals surface area contributed by atoms with Crippen molar-refractivity contribution in [3.63, 3.8) is 0 Å². The van der Waals surface area contributed by atoms with Gasteiger partial charge in [-0.3, -0.25) is 4.79 Å². The SMILES string of the molecule is N#CCSCC(=O)N[C@H](CO)C(=O)O. The van der Waals surface area contributed by atoms with Gasteiger partial charge in [-0.05, 0) is 0 Å². The number of carbonyl (C=O) groups is 2. The van der Waals surface area contributed by atoms with Crippen molar-refractivity contribution in [1.82, 2.24) is 5.32 Å². The third kappa shape index (κ3) is 5.40. The molecule has 0 spiro atoms. The fourth-order valence-electron chi connectivity index (χ4n) is 0.611. The number of rotatable bonds is 6. The summed E-state index contributed by atoms with van der Waals surface area (Å²) < 4.78 is 0. The van der Waals surface area contributed by atoms with E-state index in [0.717, 1.165) is 11.8 Å². The molecule has 0 rings (SSSR count). The predicted molar refractivity (Wildman–Crippen MR) is 49.6 cm³/mol. The van der Waals surface area contributed by atoms with E-state index >= 15 is 0 Å². The number of amides is 1. The minimum Gasteiger partial charge on any atom is -0.480 e. The molecule has 1 atom stereocenters. The first-order chi connectivity index (χ1) is 6.61. The Morgan fingerprint density at radius 3 is 2.64 bits per heavy atom. The van der Waals surface area contributed by atoms with Crippen LogP contribution in [0.2, 0.25) is 0 Å². The molecule has 0 aromatic carbocycles. The summed E-state index contributed by atoms with van der Waals surface area (Å²) in [4.78, 5) is 21.3. The Bertz CT molecular complexity index is 251. The molecule has 0 bridgehead atoms. The van der Waals surface area contributed by atoms with Crippen molar-refractivity contribution < 1.29 is 19.8 Å². The zero-order valence-electron chi connectivity index (χ0n) is 7.27. The van der Waals surface area contributed by atoms with Gasteiger partial charge in [0.25, 0.3) is 0 Å². The first-order valence-corrected chi connectivity index (χ1v) is 4.85. The fraction of sp³-hybridized carbons (Fsp3) is 0.571. The summed E-state index contributed by atoms with van der Waals surface area (Å²) >= 11 is 1.08. The Labute approximate surface area is 84.9 Å². The van der Waals surface area contributed by atoms with E-state index in [2.05, 4.69) is 5.32 Å². The summed E-state index contributed by atoms with van der Waals surface area (Å²) in [5, 5.41) is 27.3. The lowest BCUT2D eigenvalue weighted by Crippen LogP contribution is -2.44. The van der Waals surface area contributed by atoms with Crippen LogP contribution < -0.4 is 5.32 Å². The lowest BCUT2D eigenvalue weighted by Gasteiger charge is -2.10. The number of aliphatic hydroxyl groups excluding tert-OH is 1. The van der Waals surface area contributed by atoms with E-state index in [-0.39, 0.29) is 11.5 Å². The average Bonchev–Trinajstić information content (AvgIpc) is 2.14. The maximum absolute atomic E-state index is 11.0. The molecule has 0 aromatic heterocycles. The smallest absolute Gasteiger partial charge is 0.328 e. The van der Waals surface area contributed by atoms with Crippen molar-refractivity contribution in [2.75, 3.05) is 18.1 Å². The monoisotopic (exact) mass is 218 g/mol. The van der Waals surface area contributed by atoms with Gasteiger partial charge in [-0.1, -0.05) is 0 Å². The van der Waals surface area contributed by atoms with Crippen LogP contribution >= 0.6 is 11.8 Å². The highest BCUT2D eigenvalue weighted by atomic mass is 32.2. The number of nitriles is 1. The average molecular weight is 218 g/mol. The molecule has 0 heterocycles. The molecule has 0 aliphatic rings. The van der Waals surface area contributed by atoms with Crippen LogP contribution in [0.3, 0.4) is 0 Å². The summed E-state index contributed by atoms with van der Waals surface area (Å²) in [7, 11) is 0. The van der Waals surface area contributed by atoms with Crippen LogP contribution in [0.15, 0.2) is 0 Å². The number of nitrogens with zero attached hydrogens (tertiary/aromatic N) is 1. The first kappa shape index (κ1) is 12.7. The van der Waals surface area contributed by atoms with Gasteiger partial charge in [0.05, 0.1) is 24.2 Å². The van der Waals surface area contributed by atoms with E-state index in [9.17, 15) is 9.59 Å². The van der Waals surface area contributed by atoms with Crippen molar-refractivity contribution in [3.8, 4) is 6.07 Å². The van der Waals surface area contributed by atoms with E-state index in [1.807, 2.05) is 6.07 Å². The molecular formula is C7H10N2O4S. The van der Waals surface area contributed by atoms with Gasteiger partial charge in [0.1, 0.15) is 6.04 Å². The van der Waals surface area contributed by atoms with E-state index in [4.69, 9.17) is 15.5 Å². The Morgan fingerprint density at radius 2 is 2.21 bits per heavy atom. The Kier molecular flexibility index (Phi) is 6.53. The van der Waals surface area contributed by atoms with Gasteiger partial charge < -0.3 is 15.5 Å². The van der Waals surface area contributed by atoms with Crippen molar-refractivity contribution in [2.45, 2.75) is 6.04 Å². The van der Waals surface area contributed by atoms with Gasteiger partial charge in [0.15, 0.2) is 0 Å². The van der Waals surface area contributed by atoms with Gasteiger partial charge >= 0.3 is 5.97 Å². The van der Waals surface area contributed by atoms with Crippen LogP contribution in [0.25, 0.3) is 0 Å². The normalized spacial score (nSPS) is 11.4. The minimum atomic E-state index is -1.29. The van der Waals surface area contributed by atoms with Crippen molar-refractivity contribution >= 4 is 23.6 Å². The van der Waals surface area contributed by atoms with Crippen LogP contribution in [0.1, 0.15) is 0 Å². The lowest BCUT2D eigenvalue weighted by atomic mass is 10.3. The zero-order valence-corrected chi connectivity index (χ0v) is 8.08. The molecule has 7 heteroatoms. The van der Waals surface area contributed by atoms with Crippen LogP contribution in [-0.4, -0.2) is 46.2 Å². The summed E-state index contributed by atoms with van der Waals surface area (Å²) in [5.41, 5.74) is 0. The maximum Gasteiger partial charge on any atom is 0.328 e. The number of aliphatic carboxylic acids is 1. The summed E-state index contributed by atoms with van der Waals surface area (Å²) in [6, 6.07) is 0.557. The summed E-state index contributed by atoms with van der Waals surface area (Å²) in [6.45, 7) is -0.649. The van der Waals surface area contributed by atoms with E-state index < -0.39 is 24.5 Å². The van der Waals surface area contributed by atoms with Crippen molar-refractivity contribution in [2.24, 2.45) is 0 Å². The highest BCUT2D eigenvalue weighted by molar-refractivity contribution is 8.00. The van der Waals surface area contributed by atoms with E-state index in [0.29, 0.717) is 0 Å². The van der Waals surface area contributed by atoms with Crippen LogP contribution in [0.4, 0.5) is 0 Å². The molecular weight excluding hydrogens is 208 g/mol. The Balaban J connectivity index is 3.80. The van der Waals surface area contributed by atoms with Gasteiger partial charge in [0.2, 0.25) is 5.91 Å². The molecule has 0 unspecified atom stereocenters. The molecule has 0 fully saturated rings. The second-order valence-electron chi connectivity index (χ2n) is 2.29. The number of nitrogens with one attached hydrogen (secondary N) is 1. The number of hydrogen-bond acceptors (Lipinski definition) is 5. The van der Waals surface area contributed by atoms with Crippen molar-refractivity contribution in [3.05, 3.63) is 0 Å². The summed E-state index contributed by atoms with van der Waals surface area (Å²) in [6.07, 6.45) is 0. The highest BCUT2D eigenvalue weighted by Gasteiger charge is 2.18. The van der Waals surface area contributed by atoms with Gasteiger partial charge in [-0.15, -0.1) is 11.8 Å². The van der Waals surface area contributed by atoms with Crippen LogP contribution in [0, 0.1) is 11.3 Å². The zero-order chi connectivity index (χ0) is 11.0. The molecule has 6 nitrogen and oxygen atoms in total. The fourth-order valence-corrected chi connectivity index (χ4v) is 1.07. The molecule has 0 aliphatic carbocycles. The Morgan fingerprint density at radius 1 is 1.57 bits per heavy atom. The summed E-state index contributed by atoms with van der Waals surface area (Å²) in [5.74, 6) is -1.61. The number of carbonyl (C=O) groups excluding carboxylic acids is 1. The molecule has 0 radical (unpaired) electrons. The minimum absolute atomic E-state index is 0.0112. The predicted octanol–water partition coefficient (Wildman–Crippen LogP) is -1.20.